The predicted octanol–water partition coefficient (Wildman–Crippen LogP) is 5.26. The molecule has 2 amide bonds. The number of fused-ring (bicyclic) bond motifs is 1. The van der Waals surface area contributed by atoms with Crippen LogP contribution in [0.15, 0.2) is 43.1 Å². The molecular weight excluding hydrogens is 611 g/mol. The first-order chi connectivity index (χ1) is 21.0. The van der Waals surface area contributed by atoms with Gasteiger partial charge in [0.1, 0.15) is 11.6 Å². The normalized spacial score (nSPS) is 17.8. The van der Waals surface area contributed by atoms with Crippen LogP contribution in [0.4, 0.5) is 33.6 Å². The Hall–Kier alpha value is -4.97. The summed E-state index contributed by atoms with van der Waals surface area (Å²) < 4.78 is 70.9. The SMILES string of the molecule is C[C@@H](c1cnc(N2C[C@H]3C#C[C@H]3C2=O)nc1)n1cc(NC(=O)c2nc(-c3c(C(F)F)ccc(Cl)c3F)cnc2C(F)F)cn1. The fraction of sp³-hybridized carbons (Fsp3) is 0.250. The van der Waals surface area contributed by atoms with E-state index in [1.165, 1.54) is 34.4 Å². The predicted molar refractivity (Wildman–Crippen MR) is 145 cm³/mol. The Balaban J connectivity index is 1.22. The van der Waals surface area contributed by atoms with Gasteiger partial charge in [-0.15, -0.1) is 0 Å². The maximum Gasteiger partial charge on any atom is 0.282 e. The number of amides is 2. The summed E-state index contributed by atoms with van der Waals surface area (Å²) in [6.45, 7) is 2.19. The van der Waals surface area contributed by atoms with Gasteiger partial charge in [-0.3, -0.25) is 24.2 Å². The number of nitrogens with one attached hydrogen (secondary N) is 1. The van der Waals surface area contributed by atoms with Gasteiger partial charge >= 0.3 is 0 Å². The Morgan fingerprint density at radius 2 is 1.82 bits per heavy atom. The van der Waals surface area contributed by atoms with E-state index >= 15 is 0 Å². The van der Waals surface area contributed by atoms with E-state index in [2.05, 4.69) is 42.2 Å². The molecule has 16 heteroatoms. The van der Waals surface area contributed by atoms with Crippen molar-refractivity contribution in [2.45, 2.75) is 25.8 Å². The fourth-order valence-corrected chi connectivity index (χ4v) is 4.96. The smallest absolute Gasteiger partial charge is 0.282 e. The number of benzene rings is 1. The molecule has 1 aliphatic carbocycles. The molecule has 4 aromatic rings. The van der Waals surface area contributed by atoms with Gasteiger partial charge in [0.2, 0.25) is 11.9 Å². The van der Waals surface area contributed by atoms with Crippen molar-refractivity contribution in [3.63, 3.8) is 0 Å². The third-order valence-corrected chi connectivity index (χ3v) is 7.51. The molecule has 3 aromatic heterocycles. The zero-order chi connectivity index (χ0) is 31.3. The molecule has 1 saturated heterocycles. The molecule has 0 unspecified atom stereocenters. The van der Waals surface area contributed by atoms with Crippen molar-refractivity contribution in [3.05, 3.63) is 76.5 Å². The maximum absolute atomic E-state index is 14.8. The molecule has 1 aliphatic heterocycles. The van der Waals surface area contributed by atoms with Crippen molar-refractivity contribution >= 4 is 35.1 Å². The van der Waals surface area contributed by atoms with Gasteiger partial charge in [0.25, 0.3) is 18.8 Å². The van der Waals surface area contributed by atoms with Gasteiger partial charge in [-0.05, 0) is 13.0 Å². The van der Waals surface area contributed by atoms with Crippen LogP contribution in [0.2, 0.25) is 5.02 Å². The van der Waals surface area contributed by atoms with E-state index in [4.69, 9.17) is 11.6 Å². The summed E-state index contributed by atoms with van der Waals surface area (Å²) in [5, 5.41) is 6.05. The van der Waals surface area contributed by atoms with Crippen molar-refractivity contribution in [1.82, 2.24) is 29.7 Å². The van der Waals surface area contributed by atoms with E-state index in [-0.39, 0.29) is 29.4 Å². The number of nitrogens with zero attached hydrogens (tertiary/aromatic N) is 7. The van der Waals surface area contributed by atoms with E-state index in [0.717, 1.165) is 12.1 Å². The van der Waals surface area contributed by atoms with Crippen LogP contribution in [0, 0.1) is 29.5 Å². The summed E-state index contributed by atoms with van der Waals surface area (Å²) in [5.41, 5.74) is -3.42. The van der Waals surface area contributed by atoms with Crippen molar-refractivity contribution in [3.8, 4) is 23.1 Å². The third kappa shape index (κ3) is 5.11. The van der Waals surface area contributed by atoms with E-state index in [0.29, 0.717) is 18.3 Å². The van der Waals surface area contributed by atoms with Crippen LogP contribution in [-0.2, 0) is 4.79 Å². The lowest BCUT2D eigenvalue weighted by Gasteiger charge is -2.15. The average Bonchev–Trinajstić information content (AvgIpc) is 3.54. The molecule has 224 valence electrons. The minimum absolute atomic E-state index is 0.0132. The van der Waals surface area contributed by atoms with Crippen LogP contribution >= 0.6 is 11.6 Å². The molecule has 0 bridgehead atoms. The average molecular weight is 629 g/mol. The molecule has 0 saturated carbocycles. The highest BCUT2D eigenvalue weighted by Gasteiger charge is 2.44. The van der Waals surface area contributed by atoms with Crippen molar-refractivity contribution < 1.29 is 31.5 Å². The van der Waals surface area contributed by atoms with Crippen molar-refractivity contribution in [1.29, 1.82) is 0 Å². The van der Waals surface area contributed by atoms with E-state index in [9.17, 15) is 31.5 Å². The molecule has 3 atom stereocenters. The van der Waals surface area contributed by atoms with Gasteiger partial charge in [-0.25, -0.2) is 36.9 Å². The fourth-order valence-electron chi connectivity index (χ4n) is 4.80. The number of hydrogen-bond acceptors (Lipinski definition) is 7. The highest BCUT2D eigenvalue weighted by molar-refractivity contribution is 6.31. The van der Waals surface area contributed by atoms with Crippen LogP contribution in [0.1, 0.15) is 53.1 Å². The number of alkyl halides is 4. The number of carbonyl (C=O) groups is 2. The largest absolute Gasteiger partial charge is 0.318 e. The van der Waals surface area contributed by atoms with Crippen molar-refractivity contribution in [2.24, 2.45) is 11.8 Å². The summed E-state index contributed by atoms with van der Waals surface area (Å²) >= 11 is 5.76. The zero-order valence-corrected chi connectivity index (χ0v) is 23.1. The quantitative estimate of drug-likeness (QED) is 0.209. The van der Waals surface area contributed by atoms with Crippen LogP contribution in [0.3, 0.4) is 0 Å². The Kier molecular flexibility index (Phi) is 7.46. The second-order valence-electron chi connectivity index (χ2n) is 9.89. The van der Waals surface area contributed by atoms with Crippen LogP contribution in [0.5, 0.6) is 0 Å². The number of rotatable bonds is 8. The number of aromatic nitrogens is 6. The minimum Gasteiger partial charge on any atom is -0.318 e. The number of halogens is 6. The molecule has 1 N–H and O–H groups in total. The third-order valence-electron chi connectivity index (χ3n) is 7.22. The number of anilines is 2. The Morgan fingerprint density at radius 3 is 2.43 bits per heavy atom. The van der Waals surface area contributed by atoms with Crippen molar-refractivity contribution in [2.75, 3.05) is 16.8 Å². The molecule has 4 heterocycles. The molecule has 10 nitrogen and oxygen atoms in total. The first kappa shape index (κ1) is 29.1. The van der Waals surface area contributed by atoms with E-state index < -0.39 is 63.8 Å². The van der Waals surface area contributed by atoms with E-state index in [1.54, 1.807) is 6.92 Å². The minimum atomic E-state index is -3.26. The first-order valence-corrected chi connectivity index (χ1v) is 13.3. The molecule has 2 aliphatic rings. The molecular formula is C28H18ClF5N8O2. The summed E-state index contributed by atoms with van der Waals surface area (Å²) in [7, 11) is 0. The second kappa shape index (κ2) is 11.3. The Bertz CT molecular complexity index is 1860. The summed E-state index contributed by atoms with van der Waals surface area (Å²) in [6, 6.07) is 1.33. The molecule has 1 aromatic carbocycles. The van der Waals surface area contributed by atoms with Gasteiger partial charge in [0.05, 0.1) is 40.8 Å². The second-order valence-corrected chi connectivity index (χ2v) is 10.3. The Labute approximate surface area is 250 Å². The zero-order valence-electron chi connectivity index (χ0n) is 22.4. The van der Waals surface area contributed by atoms with Gasteiger partial charge in [0.15, 0.2) is 11.5 Å². The Morgan fingerprint density at radius 1 is 1.07 bits per heavy atom. The van der Waals surface area contributed by atoms with Crippen LogP contribution < -0.4 is 10.2 Å². The summed E-state index contributed by atoms with van der Waals surface area (Å²) in [6.07, 6.45) is -0.0513. The van der Waals surface area contributed by atoms with Crippen LogP contribution in [0.25, 0.3) is 11.3 Å². The maximum atomic E-state index is 14.8. The topological polar surface area (TPSA) is 119 Å². The van der Waals surface area contributed by atoms with Gasteiger partial charge < -0.3 is 5.32 Å². The first-order valence-electron chi connectivity index (χ1n) is 12.9. The van der Waals surface area contributed by atoms with Crippen LogP contribution in [-0.4, -0.2) is 48.1 Å². The molecule has 0 radical (unpaired) electrons. The molecule has 1 fully saturated rings. The monoisotopic (exact) mass is 628 g/mol. The summed E-state index contributed by atoms with van der Waals surface area (Å²) in [4.78, 5) is 42.9. The lowest BCUT2D eigenvalue weighted by atomic mass is 9.89. The lowest BCUT2D eigenvalue weighted by Crippen LogP contribution is -2.28. The lowest BCUT2D eigenvalue weighted by molar-refractivity contribution is -0.119. The highest BCUT2D eigenvalue weighted by Crippen LogP contribution is 2.36. The van der Waals surface area contributed by atoms with Gasteiger partial charge in [-0.1, -0.05) is 29.5 Å². The molecule has 0 spiro atoms. The standard InChI is InChI=1S/C28H18ClF5N8O2/c1-12(14-6-36-28(37-7-14)41-10-13-2-3-16(13)27(41)44)42-11-15(8-38-42)39-26(43)23-22(25(33)34)35-9-19(40-23)20-17(24(31)32)4-5-18(29)21(20)30/h4-9,11-13,16,24-25H,10H2,1H3,(H,39,43)/t12-,13+,16+/m0/s1. The van der Waals surface area contributed by atoms with E-state index in [1.807, 2.05) is 0 Å². The highest BCUT2D eigenvalue weighted by atomic mass is 35.5. The number of carbonyl (C=O) groups excluding carboxylic acids is 2. The summed E-state index contributed by atoms with van der Waals surface area (Å²) in [5.74, 6) is 3.12. The van der Waals surface area contributed by atoms with Gasteiger partial charge in [-0.2, -0.15) is 5.10 Å². The number of hydrogen-bond donors (Lipinski definition) is 1. The molecule has 44 heavy (non-hydrogen) atoms. The van der Waals surface area contributed by atoms with Gasteiger partial charge in [0, 0.05) is 41.8 Å². The molecule has 6 rings (SSSR count).